The molecule has 0 aromatic heterocycles. The van der Waals surface area contributed by atoms with E-state index in [1.165, 1.54) is 16.0 Å². The van der Waals surface area contributed by atoms with E-state index < -0.39 is 0 Å². The Kier molecular flexibility index (Phi) is 3.89. The van der Waals surface area contributed by atoms with E-state index in [0.29, 0.717) is 29.3 Å². The summed E-state index contributed by atoms with van der Waals surface area (Å²) in [4.78, 5) is 25.6. The number of rotatable bonds is 1. The van der Waals surface area contributed by atoms with E-state index in [2.05, 4.69) is 13.0 Å². The zero-order valence-corrected chi connectivity index (χ0v) is 15.4. The summed E-state index contributed by atoms with van der Waals surface area (Å²) in [6.07, 6.45) is 5.80. The van der Waals surface area contributed by atoms with Crippen molar-refractivity contribution in [3.05, 3.63) is 29.3 Å². The predicted molar refractivity (Wildman–Crippen MR) is 95.8 cm³/mol. The monoisotopic (exact) mass is 341 g/mol. The molecule has 0 N–H and O–H groups in total. The van der Waals surface area contributed by atoms with Crippen molar-refractivity contribution in [1.82, 2.24) is 4.90 Å². The Bertz CT molecular complexity index is 726. The van der Waals surface area contributed by atoms with Gasteiger partial charge in [-0.25, -0.2) is 4.79 Å². The summed E-state index contributed by atoms with van der Waals surface area (Å²) in [5, 5.41) is 0. The van der Waals surface area contributed by atoms with Crippen LogP contribution in [0.5, 0.6) is 5.75 Å². The molecule has 1 aromatic carbocycles. The Hall–Kier alpha value is -1.84. The first-order valence-corrected chi connectivity index (χ1v) is 9.45. The Morgan fingerprint density at radius 2 is 2.00 bits per heavy atom. The molecule has 4 heteroatoms. The highest BCUT2D eigenvalue weighted by Crippen LogP contribution is 2.59. The van der Waals surface area contributed by atoms with E-state index >= 15 is 0 Å². The minimum Gasteiger partial charge on any atom is -0.410 e. The molecule has 0 bridgehead atoms. The van der Waals surface area contributed by atoms with Crippen LogP contribution in [-0.2, 0) is 11.2 Å². The van der Waals surface area contributed by atoms with E-state index in [9.17, 15) is 9.59 Å². The van der Waals surface area contributed by atoms with Gasteiger partial charge in [-0.15, -0.1) is 0 Å². The molecule has 3 aliphatic rings. The van der Waals surface area contributed by atoms with Gasteiger partial charge in [0.1, 0.15) is 11.5 Å². The fraction of sp³-hybridized carbons (Fsp3) is 0.619. The summed E-state index contributed by atoms with van der Waals surface area (Å²) < 4.78 is 5.42. The second-order valence-corrected chi connectivity index (χ2v) is 8.46. The molecule has 0 aliphatic heterocycles. The summed E-state index contributed by atoms with van der Waals surface area (Å²) >= 11 is 0. The lowest BCUT2D eigenvalue weighted by Crippen LogP contribution is -2.42. The summed E-state index contributed by atoms with van der Waals surface area (Å²) in [7, 11) is 3.38. The maximum absolute atomic E-state index is 12.4. The zero-order valence-electron chi connectivity index (χ0n) is 15.4. The second-order valence-electron chi connectivity index (χ2n) is 8.46. The average Bonchev–Trinajstić information content (AvgIpc) is 2.89. The lowest BCUT2D eigenvalue weighted by molar-refractivity contribution is -0.129. The van der Waals surface area contributed by atoms with Crippen LogP contribution in [-0.4, -0.2) is 30.9 Å². The summed E-state index contributed by atoms with van der Waals surface area (Å²) in [5.41, 5.74) is 2.67. The van der Waals surface area contributed by atoms with E-state index in [0.717, 1.165) is 38.5 Å². The molecule has 0 unspecified atom stereocenters. The minimum absolute atomic E-state index is 0.0696. The molecule has 2 saturated carbocycles. The highest BCUT2D eigenvalue weighted by molar-refractivity contribution is 5.87. The number of ether oxygens (including phenoxy) is 1. The van der Waals surface area contributed by atoms with Crippen molar-refractivity contribution in [2.24, 2.45) is 17.3 Å². The topological polar surface area (TPSA) is 46.6 Å². The first-order chi connectivity index (χ1) is 11.9. The van der Waals surface area contributed by atoms with Gasteiger partial charge in [0.05, 0.1) is 0 Å². The van der Waals surface area contributed by atoms with Crippen molar-refractivity contribution in [3.8, 4) is 5.75 Å². The van der Waals surface area contributed by atoms with Gasteiger partial charge in [-0.2, -0.15) is 0 Å². The standard InChI is InChI=1S/C21H27NO3/c1-21-11-10-16-15-7-5-14(25-20(24)22(2)3)12-13(15)4-6-17(16)18(21)8-9-19(21)23/h5,7,12,16-18H,4,6,8-11H2,1-3H3/t16-,17-,18+,21+/m1/s1. The summed E-state index contributed by atoms with van der Waals surface area (Å²) in [6, 6.07) is 6.13. The molecular formula is C21H27NO3. The van der Waals surface area contributed by atoms with E-state index in [4.69, 9.17) is 4.74 Å². The molecule has 0 radical (unpaired) electrons. The molecule has 3 aliphatic carbocycles. The molecule has 134 valence electrons. The molecular weight excluding hydrogens is 314 g/mol. The van der Waals surface area contributed by atoms with Gasteiger partial charge >= 0.3 is 6.09 Å². The maximum atomic E-state index is 12.4. The lowest BCUT2D eigenvalue weighted by atomic mass is 9.55. The van der Waals surface area contributed by atoms with Crippen LogP contribution in [0.25, 0.3) is 0 Å². The quantitative estimate of drug-likeness (QED) is 0.770. The SMILES string of the molecule is CN(C)C(=O)Oc1ccc2c(c1)CC[C@@H]1[C@@H]2CC[C@]2(C)C(=O)CC[C@@H]12. The lowest BCUT2D eigenvalue weighted by Gasteiger charge is -2.48. The average molecular weight is 341 g/mol. The van der Waals surface area contributed by atoms with Gasteiger partial charge in [0.25, 0.3) is 0 Å². The van der Waals surface area contributed by atoms with Gasteiger partial charge in [-0.1, -0.05) is 13.0 Å². The van der Waals surface area contributed by atoms with Crippen LogP contribution < -0.4 is 4.74 Å². The molecule has 4 rings (SSSR count). The molecule has 0 heterocycles. The molecule has 1 aromatic rings. The Balaban J connectivity index is 1.59. The number of benzene rings is 1. The van der Waals surface area contributed by atoms with Gasteiger partial charge < -0.3 is 9.64 Å². The Morgan fingerprint density at radius 3 is 2.76 bits per heavy atom. The molecule has 4 atom stereocenters. The van der Waals surface area contributed by atoms with Crippen LogP contribution in [0.2, 0.25) is 0 Å². The van der Waals surface area contributed by atoms with Crippen LogP contribution in [0.1, 0.15) is 56.1 Å². The number of aryl methyl sites for hydroxylation is 1. The van der Waals surface area contributed by atoms with Crippen LogP contribution in [0, 0.1) is 17.3 Å². The number of ketones is 1. The highest BCUT2D eigenvalue weighted by Gasteiger charge is 2.54. The molecule has 2 fully saturated rings. The van der Waals surface area contributed by atoms with Crippen LogP contribution in [0.4, 0.5) is 4.79 Å². The number of amides is 1. The van der Waals surface area contributed by atoms with Gasteiger partial charge in [0.2, 0.25) is 0 Å². The zero-order chi connectivity index (χ0) is 17.8. The van der Waals surface area contributed by atoms with Crippen molar-refractivity contribution in [2.75, 3.05) is 14.1 Å². The van der Waals surface area contributed by atoms with Crippen molar-refractivity contribution in [1.29, 1.82) is 0 Å². The van der Waals surface area contributed by atoms with E-state index in [1.54, 1.807) is 14.1 Å². The normalized spacial score (nSPS) is 33.2. The van der Waals surface area contributed by atoms with Crippen molar-refractivity contribution in [3.63, 3.8) is 0 Å². The molecule has 1 amide bonds. The number of carbonyl (C=O) groups is 2. The number of hydrogen-bond donors (Lipinski definition) is 0. The fourth-order valence-corrected chi connectivity index (χ4v) is 5.59. The third kappa shape index (κ3) is 2.57. The highest BCUT2D eigenvalue weighted by atomic mass is 16.6. The van der Waals surface area contributed by atoms with Crippen LogP contribution in [0.3, 0.4) is 0 Å². The smallest absolute Gasteiger partial charge is 0.410 e. The third-order valence-corrected chi connectivity index (χ3v) is 6.98. The minimum atomic E-state index is -0.341. The Morgan fingerprint density at radius 1 is 1.20 bits per heavy atom. The second kappa shape index (κ2) is 5.86. The summed E-state index contributed by atoms with van der Waals surface area (Å²) in [6.45, 7) is 2.21. The predicted octanol–water partition coefficient (Wildman–Crippen LogP) is 4.17. The van der Waals surface area contributed by atoms with Crippen LogP contribution >= 0.6 is 0 Å². The molecule has 4 nitrogen and oxygen atoms in total. The number of hydrogen-bond acceptors (Lipinski definition) is 3. The van der Waals surface area contributed by atoms with Crippen molar-refractivity contribution < 1.29 is 14.3 Å². The summed E-state index contributed by atoms with van der Waals surface area (Å²) in [5.74, 6) is 2.87. The van der Waals surface area contributed by atoms with E-state index in [1.807, 2.05) is 12.1 Å². The largest absolute Gasteiger partial charge is 0.414 e. The number of fused-ring (bicyclic) bond motifs is 5. The van der Waals surface area contributed by atoms with Gasteiger partial charge in [0.15, 0.2) is 0 Å². The Labute approximate surface area is 149 Å². The number of Topliss-reactive ketones (excluding diaryl/α,β-unsaturated/α-hetero) is 1. The fourth-order valence-electron chi connectivity index (χ4n) is 5.59. The van der Waals surface area contributed by atoms with Gasteiger partial charge in [0, 0.05) is 25.9 Å². The molecule has 25 heavy (non-hydrogen) atoms. The van der Waals surface area contributed by atoms with Crippen LogP contribution in [0.15, 0.2) is 18.2 Å². The molecule has 0 saturated heterocycles. The van der Waals surface area contributed by atoms with Crippen molar-refractivity contribution >= 4 is 11.9 Å². The third-order valence-electron chi connectivity index (χ3n) is 6.98. The van der Waals surface area contributed by atoms with Crippen molar-refractivity contribution in [2.45, 2.75) is 51.4 Å². The number of carbonyl (C=O) groups excluding carboxylic acids is 2. The van der Waals surface area contributed by atoms with Gasteiger partial charge in [-0.3, -0.25) is 4.79 Å². The maximum Gasteiger partial charge on any atom is 0.414 e. The number of nitrogens with zero attached hydrogens (tertiary/aromatic N) is 1. The molecule has 0 spiro atoms. The van der Waals surface area contributed by atoms with E-state index in [-0.39, 0.29) is 11.5 Å². The first-order valence-electron chi connectivity index (χ1n) is 9.45. The first kappa shape index (κ1) is 16.6. The van der Waals surface area contributed by atoms with Gasteiger partial charge in [-0.05, 0) is 73.1 Å².